The summed E-state index contributed by atoms with van der Waals surface area (Å²) in [5, 5.41) is 0. The monoisotopic (exact) mass is 306 g/mol. The summed E-state index contributed by atoms with van der Waals surface area (Å²) >= 11 is 0. The van der Waals surface area contributed by atoms with Crippen LogP contribution in [0.1, 0.15) is 76.9 Å². The van der Waals surface area contributed by atoms with Gasteiger partial charge >= 0.3 is 6.16 Å². The van der Waals surface area contributed by atoms with Crippen molar-refractivity contribution >= 4 is 6.16 Å². The van der Waals surface area contributed by atoms with Gasteiger partial charge in [-0.25, -0.2) is 4.79 Å². The Morgan fingerprint density at radius 2 is 1.64 bits per heavy atom. The number of unbranched alkanes of at least 4 members (excludes halogenated alkanes) is 5. The van der Waals surface area contributed by atoms with Gasteiger partial charge in [0.15, 0.2) is 0 Å². The van der Waals surface area contributed by atoms with E-state index >= 15 is 0 Å². The van der Waals surface area contributed by atoms with Crippen molar-refractivity contribution in [3.05, 3.63) is 35.9 Å². The molecule has 0 aliphatic rings. The van der Waals surface area contributed by atoms with E-state index < -0.39 is 6.16 Å². The Morgan fingerprint density at radius 1 is 0.955 bits per heavy atom. The maximum absolute atomic E-state index is 11.8. The van der Waals surface area contributed by atoms with Crippen molar-refractivity contribution in [2.24, 2.45) is 0 Å². The summed E-state index contributed by atoms with van der Waals surface area (Å²) in [5.74, 6) is 0. The van der Waals surface area contributed by atoms with Crippen LogP contribution in [-0.2, 0) is 9.47 Å². The lowest BCUT2D eigenvalue weighted by Gasteiger charge is -2.17. The Labute approximate surface area is 135 Å². The Morgan fingerprint density at radius 3 is 2.32 bits per heavy atom. The number of rotatable bonds is 11. The topological polar surface area (TPSA) is 35.5 Å². The van der Waals surface area contributed by atoms with Gasteiger partial charge in [0.1, 0.15) is 6.10 Å². The molecule has 0 fully saturated rings. The van der Waals surface area contributed by atoms with E-state index in [2.05, 4.69) is 13.8 Å². The molecule has 1 atom stereocenters. The largest absolute Gasteiger partial charge is 0.508 e. The number of benzene rings is 1. The highest BCUT2D eigenvalue weighted by Gasteiger charge is 2.16. The molecule has 0 spiro atoms. The number of hydrogen-bond donors (Lipinski definition) is 0. The molecule has 22 heavy (non-hydrogen) atoms. The summed E-state index contributed by atoms with van der Waals surface area (Å²) in [6, 6.07) is 9.86. The van der Waals surface area contributed by atoms with E-state index in [0.29, 0.717) is 6.61 Å². The van der Waals surface area contributed by atoms with E-state index in [1.165, 1.54) is 25.7 Å². The van der Waals surface area contributed by atoms with Crippen molar-refractivity contribution < 1.29 is 14.3 Å². The first kappa shape index (κ1) is 18.5. The summed E-state index contributed by atoms with van der Waals surface area (Å²) in [4.78, 5) is 11.8. The molecule has 3 nitrogen and oxygen atoms in total. The SMILES string of the molecule is CCCCCCCCOC(=O)OC(CCC)c1ccccc1. The van der Waals surface area contributed by atoms with Crippen LogP contribution < -0.4 is 0 Å². The predicted molar refractivity (Wildman–Crippen MR) is 89.9 cm³/mol. The van der Waals surface area contributed by atoms with Crippen LogP contribution in [0.2, 0.25) is 0 Å². The van der Waals surface area contributed by atoms with Crippen LogP contribution in [0.5, 0.6) is 0 Å². The second-order valence-electron chi connectivity index (χ2n) is 5.67. The minimum absolute atomic E-state index is 0.205. The lowest BCUT2D eigenvalue weighted by atomic mass is 10.1. The van der Waals surface area contributed by atoms with Gasteiger partial charge in [-0.1, -0.05) is 82.7 Å². The summed E-state index contributed by atoms with van der Waals surface area (Å²) in [7, 11) is 0. The number of hydrogen-bond acceptors (Lipinski definition) is 3. The highest BCUT2D eigenvalue weighted by molar-refractivity contribution is 5.60. The molecular weight excluding hydrogens is 276 g/mol. The van der Waals surface area contributed by atoms with Crippen molar-refractivity contribution in [3.8, 4) is 0 Å². The molecule has 0 N–H and O–H groups in total. The zero-order valence-corrected chi connectivity index (χ0v) is 14.1. The van der Waals surface area contributed by atoms with Gasteiger partial charge in [-0.15, -0.1) is 0 Å². The van der Waals surface area contributed by atoms with Gasteiger partial charge in [-0.05, 0) is 18.4 Å². The van der Waals surface area contributed by atoms with Crippen LogP contribution >= 0.6 is 0 Å². The predicted octanol–water partition coefficient (Wildman–Crippen LogP) is 6.04. The molecule has 1 aromatic rings. The van der Waals surface area contributed by atoms with Crippen LogP contribution in [-0.4, -0.2) is 12.8 Å². The van der Waals surface area contributed by atoms with E-state index in [9.17, 15) is 4.79 Å². The first-order valence-corrected chi connectivity index (χ1v) is 8.66. The highest BCUT2D eigenvalue weighted by atomic mass is 16.7. The Kier molecular flexibility index (Phi) is 10.2. The van der Waals surface area contributed by atoms with Crippen molar-refractivity contribution in [2.75, 3.05) is 6.61 Å². The van der Waals surface area contributed by atoms with E-state index in [1.807, 2.05) is 30.3 Å². The third-order valence-corrected chi connectivity index (χ3v) is 3.68. The smallest absolute Gasteiger partial charge is 0.434 e. The van der Waals surface area contributed by atoms with E-state index in [-0.39, 0.29) is 6.10 Å². The highest BCUT2D eigenvalue weighted by Crippen LogP contribution is 2.23. The maximum Gasteiger partial charge on any atom is 0.508 e. The van der Waals surface area contributed by atoms with Gasteiger partial charge in [-0.3, -0.25) is 0 Å². The van der Waals surface area contributed by atoms with Crippen molar-refractivity contribution in [1.29, 1.82) is 0 Å². The lowest BCUT2D eigenvalue weighted by molar-refractivity contribution is 0.0188. The maximum atomic E-state index is 11.8. The van der Waals surface area contributed by atoms with Gasteiger partial charge in [0.2, 0.25) is 0 Å². The van der Waals surface area contributed by atoms with Crippen molar-refractivity contribution in [3.63, 3.8) is 0 Å². The Balaban J connectivity index is 2.23. The zero-order valence-electron chi connectivity index (χ0n) is 14.1. The summed E-state index contributed by atoms with van der Waals surface area (Å²) in [6.07, 6.45) is 8.09. The molecule has 1 rings (SSSR count). The Bertz CT molecular complexity index is 389. The van der Waals surface area contributed by atoms with Gasteiger partial charge in [0, 0.05) is 0 Å². The lowest BCUT2D eigenvalue weighted by Crippen LogP contribution is -2.13. The summed E-state index contributed by atoms with van der Waals surface area (Å²) in [5.41, 5.74) is 1.03. The second kappa shape index (κ2) is 12.1. The molecule has 3 heteroatoms. The summed E-state index contributed by atoms with van der Waals surface area (Å²) in [6.45, 7) is 4.75. The quantitative estimate of drug-likeness (QED) is 0.369. The average Bonchev–Trinajstić information content (AvgIpc) is 2.54. The van der Waals surface area contributed by atoms with E-state index in [4.69, 9.17) is 9.47 Å². The molecule has 0 saturated carbocycles. The van der Waals surface area contributed by atoms with E-state index in [1.54, 1.807) is 0 Å². The van der Waals surface area contributed by atoms with Crippen LogP contribution in [0.25, 0.3) is 0 Å². The fraction of sp³-hybridized carbons (Fsp3) is 0.632. The van der Waals surface area contributed by atoms with Crippen LogP contribution in [0.15, 0.2) is 30.3 Å². The number of carbonyl (C=O) groups excluding carboxylic acids is 1. The van der Waals surface area contributed by atoms with Crippen molar-refractivity contribution in [1.82, 2.24) is 0 Å². The minimum Gasteiger partial charge on any atom is -0.434 e. The van der Waals surface area contributed by atoms with Crippen LogP contribution in [0.3, 0.4) is 0 Å². The van der Waals surface area contributed by atoms with Gasteiger partial charge in [0.05, 0.1) is 6.61 Å². The Hall–Kier alpha value is -1.51. The third kappa shape index (κ3) is 8.06. The third-order valence-electron chi connectivity index (χ3n) is 3.68. The molecule has 0 aliphatic heterocycles. The molecule has 0 aliphatic carbocycles. The van der Waals surface area contributed by atoms with Gasteiger partial charge in [0.25, 0.3) is 0 Å². The van der Waals surface area contributed by atoms with Crippen LogP contribution in [0, 0.1) is 0 Å². The van der Waals surface area contributed by atoms with E-state index in [0.717, 1.165) is 31.2 Å². The first-order chi connectivity index (χ1) is 10.8. The molecule has 0 radical (unpaired) electrons. The number of carbonyl (C=O) groups is 1. The first-order valence-electron chi connectivity index (χ1n) is 8.66. The minimum atomic E-state index is -0.545. The molecule has 0 bridgehead atoms. The molecule has 1 unspecified atom stereocenters. The van der Waals surface area contributed by atoms with Crippen molar-refractivity contribution in [2.45, 2.75) is 71.3 Å². The van der Waals surface area contributed by atoms with Gasteiger partial charge < -0.3 is 9.47 Å². The molecule has 0 amide bonds. The second-order valence-corrected chi connectivity index (χ2v) is 5.67. The van der Waals surface area contributed by atoms with Gasteiger partial charge in [-0.2, -0.15) is 0 Å². The standard InChI is InChI=1S/C19H30O3/c1-3-5-6-7-8-12-16-21-19(20)22-18(13-4-2)17-14-10-9-11-15-17/h9-11,14-15,18H,3-8,12-13,16H2,1-2H3. The fourth-order valence-corrected chi connectivity index (χ4v) is 2.41. The zero-order chi connectivity index (χ0) is 16.0. The normalized spacial score (nSPS) is 11.9. The average molecular weight is 306 g/mol. The fourth-order valence-electron chi connectivity index (χ4n) is 2.41. The molecular formula is C19H30O3. The molecule has 124 valence electrons. The molecule has 0 heterocycles. The number of ether oxygens (including phenoxy) is 2. The van der Waals surface area contributed by atoms with Crippen LogP contribution in [0.4, 0.5) is 4.79 Å². The summed E-state index contributed by atoms with van der Waals surface area (Å²) < 4.78 is 10.6. The molecule has 0 aromatic heterocycles. The molecule has 1 aromatic carbocycles. The molecule has 0 saturated heterocycles.